The molecule has 9 nitrogen and oxygen atoms in total. The van der Waals surface area contributed by atoms with Gasteiger partial charge in [-0.3, -0.25) is 14.2 Å². The van der Waals surface area contributed by atoms with Gasteiger partial charge in [0.15, 0.2) is 6.10 Å². The van der Waals surface area contributed by atoms with Gasteiger partial charge in [-0.2, -0.15) is 0 Å². The van der Waals surface area contributed by atoms with Crippen LogP contribution in [0.25, 0.3) is 0 Å². The molecule has 2 atom stereocenters. The number of allylic oxidation sites excluding steroid dienone is 36. The molecule has 0 heterocycles. The second-order valence-electron chi connectivity index (χ2n) is 25.2. The van der Waals surface area contributed by atoms with Crippen LogP contribution in [-0.4, -0.2) is 70.0 Å². The maximum atomic E-state index is 12.9. The highest BCUT2D eigenvalue weighted by atomic mass is 31.2. The predicted octanol–water partition coefficient (Wildman–Crippen LogP) is 24.5. The van der Waals surface area contributed by atoms with Crippen molar-refractivity contribution in [3.63, 3.8) is 0 Å². The Kier molecular flexibility index (Phi) is 69.2. The molecule has 0 amide bonds. The molecule has 0 radical (unpaired) electrons. The molecule has 0 aliphatic heterocycles. The molecule has 0 rings (SSSR count). The topological polar surface area (TPSA) is 111 Å². The normalized spacial score (nSPS) is 14.4. The molecule has 0 aliphatic rings. The van der Waals surface area contributed by atoms with Crippen molar-refractivity contribution in [3.8, 4) is 0 Å². The first kappa shape index (κ1) is 90.3. The van der Waals surface area contributed by atoms with Gasteiger partial charge in [0.2, 0.25) is 0 Å². The van der Waals surface area contributed by atoms with Gasteiger partial charge in [-0.05, 0) is 154 Å². The summed E-state index contributed by atoms with van der Waals surface area (Å²) in [4.78, 5) is 38.1. The van der Waals surface area contributed by atoms with E-state index in [2.05, 4.69) is 233 Å². The van der Waals surface area contributed by atoms with E-state index in [0.29, 0.717) is 23.9 Å². The fourth-order valence-corrected chi connectivity index (χ4v) is 10.1. The van der Waals surface area contributed by atoms with Crippen LogP contribution in [0.2, 0.25) is 0 Å². The Morgan fingerprint density at radius 1 is 0.323 bits per heavy atom. The summed E-state index contributed by atoms with van der Waals surface area (Å²) in [7, 11) is 1.12. The molecule has 0 fully saturated rings. The number of hydrogen-bond donors (Lipinski definition) is 0. The van der Waals surface area contributed by atoms with E-state index in [1.54, 1.807) is 0 Å². The van der Waals surface area contributed by atoms with Gasteiger partial charge in [-0.25, -0.2) is 0 Å². The highest BCUT2D eigenvalue weighted by Crippen LogP contribution is 2.38. The van der Waals surface area contributed by atoms with E-state index in [0.717, 1.165) is 167 Å². The molecule has 538 valence electrons. The van der Waals surface area contributed by atoms with E-state index in [1.807, 2.05) is 21.1 Å². The van der Waals surface area contributed by atoms with Crippen LogP contribution in [0.15, 0.2) is 219 Å². The number of quaternary nitrogens is 1. The summed E-state index contributed by atoms with van der Waals surface area (Å²) in [5.74, 6) is -0.879. The van der Waals surface area contributed by atoms with Gasteiger partial charge in [-0.15, -0.1) is 0 Å². The fourth-order valence-electron chi connectivity index (χ4n) is 9.35. The quantitative estimate of drug-likeness (QED) is 0.0195. The Bertz CT molecular complexity index is 2430. The van der Waals surface area contributed by atoms with Crippen molar-refractivity contribution < 1.29 is 42.1 Å². The lowest BCUT2D eigenvalue weighted by Crippen LogP contribution is -2.37. The lowest BCUT2D eigenvalue weighted by molar-refractivity contribution is -0.870. The molecular formula is C86H136NO8P. The number of carbonyl (C=O) groups excluding carboxylic acids is 2. The SMILES string of the molecule is CC/C=C\C/C=C\C/C=C\C/C=C\C/C=C\C/C=C\C/C=C\C/C=C\C/C=C\C/C=C\CCCCCCC(=O)OC(COC(=O)CCCCCCCCCCCCCC/C=C\C/C=C\C/C=C\C/C=C\C/C=C\C/C=C\C/C=C\C/C=C\CC)COP(=O)([O-])OCC[N+](C)(C)C. The number of rotatable bonds is 66. The van der Waals surface area contributed by atoms with Crippen molar-refractivity contribution >= 4 is 19.8 Å². The summed E-state index contributed by atoms with van der Waals surface area (Å²) in [5.41, 5.74) is 0. The standard InChI is InChI=1S/C86H136NO8P/c1-6-8-10-12-14-16-18-20-22-24-26-28-30-32-34-36-38-40-42-43-45-46-48-50-52-54-56-58-60-62-64-66-68-70-72-74-76-78-85(88)92-82-84(83-94-96(90,91)93-81-80-87(3,4)5)95-86(89)79-77-75-73-71-69-67-65-63-61-59-57-55-53-51-49-47-44-41-39-37-35-33-31-29-27-25-23-21-19-17-15-13-11-9-7-2/h8-11,14-17,20-23,26-29,32-35,38-41,43,45,47-50,53,55,59,61,65,67,84H,6-7,12-13,18-19,24-25,30-31,36-37,42,44,46,51-52,54,56-58,60,62-64,66,68-83H2,1-5H3/b10-8-,11-9-,16-14-,17-15-,22-20-,23-21-,28-26-,29-27-,34-32-,35-33-,40-38-,41-39-,45-43-,49-47-,50-48-,55-53-,61-59-,67-65-. The summed E-state index contributed by atoms with van der Waals surface area (Å²) < 4.78 is 34.3. The summed E-state index contributed by atoms with van der Waals surface area (Å²) in [6, 6.07) is 0. The Labute approximate surface area is 588 Å². The predicted molar refractivity (Wildman–Crippen MR) is 415 cm³/mol. The van der Waals surface area contributed by atoms with E-state index >= 15 is 0 Å². The van der Waals surface area contributed by atoms with Crippen LogP contribution in [0.1, 0.15) is 258 Å². The summed E-state index contributed by atoms with van der Waals surface area (Å²) in [6.45, 7) is 3.96. The molecular weight excluding hydrogens is 1210 g/mol. The van der Waals surface area contributed by atoms with Gasteiger partial charge in [0, 0.05) is 12.8 Å². The lowest BCUT2D eigenvalue weighted by atomic mass is 10.0. The Morgan fingerprint density at radius 3 is 0.833 bits per heavy atom. The largest absolute Gasteiger partial charge is 0.756 e. The molecule has 0 spiro atoms. The molecule has 0 saturated heterocycles. The monoisotopic (exact) mass is 1340 g/mol. The zero-order chi connectivity index (χ0) is 69.7. The molecule has 0 aliphatic carbocycles. The van der Waals surface area contributed by atoms with Crippen LogP contribution in [0, 0.1) is 0 Å². The van der Waals surface area contributed by atoms with Crippen molar-refractivity contribution in [2.24, 2.45) is 0 Å². The number of carbonyl (C=O) groups is 2. The molecule has 0 aromatic rings. The van der Waals surface area contributed by atoms with Gasteiger partial charge >= 0.3 is 11.9 Å². The van der Waals surface area contributed by atoms with Gasteiger partial charge in [0.25, 0.3) is 7.82 Å². The van der Waals surface area contributed by atoms with Crippen LogP contribution in [0.5, 0.6) is 0 Å². The molecule has 0 saturated carbocycles. The zero-order valence-electron chi connectivity index (χ0n) is 61.2. The van der Waals surface area contributed by atoms with Crippen LogP contribution < -0.4 is 4.89 Å². The summed E-state index contributed by atoms with van der Waals surface area (Å²) in [5, 5.41) is 0. The minimum absolute atomic E-state index is 0.0481. The van der Waals surface area contributed by atoms with E-state index in [4.69, 9.17) is 18.5 Å². The van der Waals surface area contributed by atoms with Crippen LogP contribution in [-0.2, 0) is 32.7 Å². The molecule has 0 N–H and O–H groups in total. The first-order valence-electron chi connectivity index (χ1n) is 37.4. The highest BCUT2D eigenvalue weighted by molar-refractivity contribution is 7.45. The van der Waals surface area contributed by atoms with Crippen LogP contribution >= 0.6 is 7.82 Å². The molecule has 10 heteroatoms. The third-order valence-corrected chi connectivity index (χ3v) is 16.0. The Morgan fingerprint density at radius 2 is 0.562 bits per heavy atom. The van der Waals surface area contributed by atoms with E-state index < -0.39 is 32.5 Å². The second-order valence-corrected chi connectivity index (χ2v) is 26.6. The third kappa shape index (κ3) is 77.3. The van der Waals surface area contributed by atoms with Crippen molar-refractivity contribution in [2.75, 3.05) is 47.5 Å². The van der Waals surface area contributed by atoms with Crippen LogP contribution in [0.3, 0.4) is 0 Å². The average Bonchev–Trinajstić information content (AvgIpc) is 2.74. The number of nitrogens with zero attached hydrogens (tertiary/aromatic N) is 1. The number of esters is 2. The summed E-state index contributed by atoms with van der Waals surface area (Å²) in [6.07, 6.45) is 117. The Hall–Kier alpha value is -5.67. The van der Waals surface area contributed by atoms with Gasteiger partial charge in [0.05, 0.1) is 27.7 Å². The Balaban J connectivity index is 4.17. The number of phosphoric ester groups is 1. The summed E-state index contributed by atoms with van der Waals surface area (Å²) >= 11 is 0. The zero-order valence-corrected chi connectivity index (χ0v) is 62.1. The molecule has 2 unspecified atom stereocenters. The molecule has 96 heavy (non-hydrogen) atoms. The smallest absolute Gasteiger partial charge is 0.306 e. The lowest BCUT2D eigenvalue weighted by Gasteiger charge is -2.28. The average molecular weight is 1340 g/mol. The number of ether oxygens (including phenoxy) is 2. The van der Waals surface area contributed by atoms with Crippen molar-refractivity contribution in [2.45, 2.75) is 264 Å². The van der Waals surface area contributed by atoms with E-state index in [9.17, 15) is 19.0 Å². The number of unbranched alkanes of at least 4 members (excludes halogenated alkanes) is 16. The van der Waals surface area contributed by atoms with Crippen molar-refractivity contribution in [1.82, 2.24) is 0 Å². The van der Waals surface area contributed by atoms with Gasteiger partial charge < -0.3 is 27.9 Å². The maximum Gasteiger partial charge on any atom is 0.306 e. The van der Waals surface area contributed by atoms with Crippen LogP contribution in [0.4, 0.5) is 0 Å². The number of phosphoric acid groups is 1. The minimum Gasteiger partial charge on any atom is -0.756 e. The fraction of sp³-hybridized carbons (Fsp3) is 0.558. The number of likely N-dealkylation sites (N-methyl/N-ethyl adjacent to an activating group) is 1. The minimum atomic E-state index is -4.67. The van der Waals surface area contributed by atoms with E-state index in [1.165, 1.54) is 51.4 Å². The molecule has 0 bridgehead atoms. The third-order valence-electron chi connectivity index (χ3n) is 15.0. The second kappa shape index (κ2) is 73.6. The highest BCUT2D eigenvalue weighted by Gasteiger charge is 2.22. The van der Waals surface area contributed by atoms with Gasteiger partial charge in [0.1, 0.15) is 19.8 Å². The maximum absolute atomic E-state index is 12.9. The molecule has 0 aromatic heterocycles. The first-order valence-corrected chi connectivity index (χ1v) is 38.9. The van der Waals surface area contributed by atoms with Gasteiger partial charge in [-0.1, -0.05) is 310 Å². The van der Waals surface area contributed by atoms with Crippen molar-refractivity contribution in [3.05, 3.63) is 219 Å². The van der Waals surface area contributed by atoms with E-state index in [-0.39, 0.29) is 26.1 Å². The first-order chi connectivity index (χ1) is 47.0. The molecule has 0 aromatic carbocycles. The van der Waals surface area contributed by atoms with Crippen molar-refractivity contribution in [1.29, 1.82) is 0 Å². The number of hydrogen-bond acceptors (Lipinski definition) is 8.